The summed E-state index contributed by atoms with van der Waals surface area (Å²) in [7, 11) is 0. The van der Waals surface area contributed by atoms with Gasteiger partial charge in [0.2, 0.25) is 5.91 Å². The standard InChI is InChI=1S/C32H42N6O4/c1-5-36(20-25-19-28(25)37-21-33-34-35-37)30(40)24-13-9-10-22(14-15-24)18-26-16-17-27(29(39)23-11-7-6-8-12-23)38(26)31(41)42-32(2,3)4/h6-12,14-15,21,25-29,39H,5,13,16-20H2,1-4H3. The van der Waals surface area contributed by atoms with Crippen LogP contribution >= 0.6 is 0 Å². The van der Waals surface area contributed by atoms with Crippen LogP contribution in [-0.4, -0.2) is 77.9 Å². The third kappa shape index (κ3) is 6.98. The maximum Gasteiger partial charge on any atom is 0.410 e. The SMILES string of the molecule is CCN(CC1CC1n1cnnn1)C(=O)C1=CC=C(CC2CCC(C(O)c3ccccc3)N2C(=O)OC(C)(C)C)C=CC1. The number of tetrazole rings is 1. The number of benzene rings is 1. The Morgan fingerprint density at radius 3 is 2.64 bits per heavy atom. The van der Waals surface area contributed by atoms with E-state index in [1.54, 1.807) is 15.9 Å². The number of hydrogen-bond acceptors (Lipinski definition) is 7. The zero-order chi connectivity index (χ0) is 29.9. The molecule has 1 aromatic carbocycles. The lowest BCUT2D eigenvalue weighted by Crippen LogP contribution is -2.46. The summed E-state index contributed by atoms with van der Waals surface area (Å²) < 4.78 is 7.58. The van der Waals surface area contributed by atoms with E-state index >= 15 is 0 Å². The molecule has 5 atom stereocenters. The molecule has 2 aliphatic carbocycles. The monoisotopic (exact) mass is 574 g/mol. The highest BCUT2D eigenvalue weighted by Crippen LogP contribution is 2.43. The van der Waals surface area contributed by atoms with Crippen LogP contribution in [-0.2, 0) is 9.53 Å². The molecule has 1 saturated carbocycles. The molecular weight excluding hydrogens is 532 g/mol. The van der Waals surface area contributed by atoms with Crippen LogP contribution in [0.4, 0.5) is 4.79 Å². The number of aromatic nitrogens is 4. The van der Waals surface area contributed by atoms with Crippen molar-refractivity contribution in [3.8, 4) is 0 Å². The highest BCUT2D eigenvalue weighted by Gasteiger charge is 2.43. The fourth-order valence-corrected chi connectivity index (χ4v) is 6.04. The van der Waals surface area contributed by atoms with E-state index in [2.05, 4.69) is 21.6 Å². The Kier molecular flexibility index (Phi) is 8.91. The Morgan fingerprint density at radius 2 is 1.95 bits per heavy atom. The maximum atomic E-state index is 13.5. The van der Waals surface area contributed by atoms with Gasteiger partial charge in [-0.05, 0) is 81.4 Å². The third-order valence-corrected chi connectivity index (χ3v) is 8.28. The van der Waals surface area contributed by atoms with Crippen molar-refractivity contribution in [1.29, 1.82) is 0 Å². The molecule has 1 N–H and O–H groups in total. The molecule has 1 aliphatic heterocycles. The summed E-state index contributed by atoms with van der Waals surface area (Å²) in [6, 6.07) is 9.22. The minimum absolute atomic E-state index is 0.0457. The van der Waals surface area contributed by atoms with Gasteiger partial charge >= 0.3 is 6.09 Å². The molecule has 5 rings (SSSR count). The van der Waals surface area contributed by atoms with Gasteiger partial charge in [0.25, 0.3) is 0 Å². The third-order valence-electron chi connectivity index (χ3n) is 8.28. The van der Waals surface area contributed by atoms with E-state index in [9.17, 15) is 14.7 Å². The van der Waals surface area contributed by atoms with Crippen molar-refractivity contribution >= 4 is 12.0 Å². The minimum Gasteiger partial charge on any atom is -0.444 e. The molecule has 5 unspecified atom stereocenters. The number of nitrogens with zero attached hydrogens (tertiary/aromatic N) is 6. The molecule has 42 heavy (non-hydrogen) atoms. The molecule has 10 nitrogen and oxygen atoms in total. The second-order valence-corrected chi connectivity index (χ2v) is 12.5. The van der Waals surface area contributed by atoms with Crippen molar-refractivity contribution in [3.05, 3.63) is 77.7 Å². The van der Waals surface area contributed by atoms with Crippen LogP contribution in [0, 0.1) is 5.92 Å². The average Bonchev–Trinajstić information content (AvgIpc) is 3.37. The van der Waals surface area contributed by atoms with Crippen molar-refractivity contribution in [1.82, 2.24) is 30.0 Å². The zero-order valence-corrected chi connectivity index (χ0v) is 25.0. The summed E-state index contributed by atoms with van der Waals surface area (Å²) in [6.07, 6.45) is 12.0. The van der Waals surface area contributed by atoms with E-state index in [4.69, 9.17) is 4.74 Å². The molecule has 224 valence electrons. The summed E-state index contributed by atoms with van der Waals surface area (Å²) in [5.41, 5.74) is 1.92. The van der Waals surface area contributed by atoms with Gasteiger partial charge in [0.1, 0.15) is 11.9 Å². The highest BCUT2D eigenvalue weighted by atomic mass is 16.6. The minimum atomic E-state index is -0.807. The number of amides is 2. The molecule has 2 aromatic rings. The van der Waals surface area contributed by atoms with Gasteiger partial charge in [0.05, 0.1) is 18.2 Å². The summed E-state index contributed by atoms with van der Waals surface area (Å²) >= 11 is 0. The van der Waals surface area contributed by atoms with Crippen LogP contribution in [0.3, 0.4) is 0 Å². The number of carbonyl (C=O) groups is 2. The molecule has 0 bridgehead atoms. The molecule has 1 saturated heterocycles. The lowest BCUT2D eigenvalue weighted by Gasteiger charge is -2.35. The predicted octanol–water partition coefficient (Wildman–Crippen LogP) is 4.79. The van der Waals surface area contributed by atoms with E-state index < -0.39 is 17.8 Å². The van der Waals surface area contributed by atoms with Crippen LogP contribution < -0.4 is 0 Å². The first-order valence-electron chi connectivity index (χ1n) is 15.0. The molecule has 1 aromatic heterocycles. The number of rotatable bonds is 9. The van der Waals surface area contributed by atoms with E-state index in [0.717, 1.165) is 29.6 Å². The Balaban J connectivity index is 1.28. The lowest BCUT2D eigenvalue weighted by atomic mass is 10.0. The van der Waals surface area contributed by atoms with Crippen molar-refractivity contribution in [2.75, 3.05) is 13.1 Å². The number of likely N-dealkylation sites (N-methyl/N-ethyl adjacent to an activating group) is 1. The van der Waals surface area contributed by atoms with Crippen molar-refractivity contribution in [2.45, 2.75) is 89.6 Å². The van der Waals surface area contributed by atoms with E-state index in [1.807, 2.05) is 81.2 Å². The van der Waals surface area contributed by atoms with Crippen molar-refractivity contribution in [3.63, 3.8) is 0 Å². The number of aliphatic hydroxyl groups excluding tert-OH is 1. The van der Waals surface area contributed by atoms with Gasteiger partial charge < -0.3 is 14.7 Å². The fraction of sp³-hybridized carbons (Fsp3) is 0.531. The number of allylic oxidation sites excluding steroid dienone is 4. The molecule has 2 amide bonds. The smallest absolute Gasteiger partial charge is 0.410 e. The molecule has 3 aliphatic rings. The van der Waals surface area contributed by atoms with Gasteiger partial charge in [-0.3, -0.25) is 9.69 Å². The van der Waals surface area contributed by atoms with Gasteiger partial charge in [-0.15, -0.1) is 5.10 Å². The van der Waals surface area contributed by atoms with Gasteiger partial charge in [0, 0.05) is 30.6 Å². The molecule has 2 fully saturated rings. The van der Waals surface area contributed by atoms with Gasteiger partial charge in [-0.2, -0.15) is 0 Å². The molecular formula is C32H42N6O4. The largest absolute Gasteiger partial charge is 0.444 e. The number of ether oxygens (including phenoxy) is 1. The molecule has 0 radical (unpaired) electrons. The first-order valence-corrected chi connectivity index (χ1v) is 15.0. The van der Waals surface area contributed by atoms with Gasteiger partial charge in [0.15, 0.2) is 0 Å². The summed E-state index contributed by atoms with van der Waals surface area (Å²) in [5, 5.41) is 22.7. The number of carbonyl (C=O) groups excluding carboxylic acids is 2. The lowest BCUT2D eigenvalue weighted by molar-refractivity contribution is -0.127. The maximum absolute atomic E-state index is 13.5. The number of aliphatic hydroxyl groups is 1. The second kappa shape index (κ2) is 12.6. The second-order valence-electron chi connectivity index (χ2n) is 12.5. The summed E-state index contributed by atoms with van der Waals surface area (Å²) in [5.74, 6) is 0.398. The van der Waals surface area contributed by atoms with Crippen molar-refractivity contribution < 1.29 is 19.4 Å². The summed E-state index contributed by atoms with van der Waals surface area (Å²) in [4.78, 5) is 30.6. The Bertz CT molecular complexity index is 1330. The molecule has 10 heteroatoms. The first kappa shape index (κ1) is 29.7. The quantitative estimate of drug-likeness (QED) is 0.458. The summed E-state index contributed by atoms with van der Waals surface area (Å²) in [6.45, 7) is 8.88. The topological polar surface area (TPSA) is 114 Å². The van der Waals surface area contributed by atoms with E-state index in [0.29, 0.717) is 38.3 Å². The average molecular weight is 575 g/mol. The highest BCUT2D eigenvalue weighted by molar-refractivity contribution is 5.94. The van der Waals surface area contributed by atoms with Crippen LogP contribution in [0.2, 0.25) is 0 Å². The van der Waals surface area contributed by atoms with Crippen LogP contribution in [0.15, 0.2) is 72.1 Å². The van der Waals surface area contributed by atoms with E-state index in [1.165, 1.54) is 0 Å². The van der Waals surface area contributed by atoms with Gasteiger partial charge in [-0.25, -0.2) is 9.48 Å². The number of likely N-dealkylation sites (tertiary alicyclic amines) is 1. The van der Waals surface area contributed by atoms with Crippen molar-refractivity contribution in [2.24, 2.45) is 5.92 Å². The van der Waals surface area contributed by atoms with Crippen LogP contribution in [0.5, 0.6) is 0 Å². The van der Waals surface area contributed by atoms with Crippen LogP contribution in [0.1, 0.15) is 77.5 Å². The first-order chi connectivity index (χ1) is 20.1. The molecule has 0 spiro atoms. The fourth-order valence-electron chi connectivity index (χ4n) is 6.04. The Morgan fingerprint density at radius 1 is 1.17 bits per heavy atom. The zero-order valence-electron chi connectivity index (χ0n) is 25.0. The normalized spacial score (nSPS) is 24.5. The number of hydrogen-bond donors (Lipinski definition) is 1. The van der Waals surface area contributed by atoms with Gasteiger partial charge in [-0.1, -0.05) is 54.6 Å². The molecule has 2 heterocycles. The Labute approximate surface area is 247 Å². The Hall–Kier alpha value is -3.79. The van der Waals surface area contributed by atoms with Crippen LogP contribution in [0.25, 0.3) is 0 Å². The predicted molar refractivity (Wildman–Crippen MR) is 158 cm³/mol. The van der Waals surface area contributed by atoms with E-state index in [-0.39, 0.29) is 24.0 Å².